The normalized spacial score (nSPS) is 22.5. The molecular formula is C24H35ClN4O2. The Morgan fingerprint density at radius 2 is 1.74 bits per heavy atom. The highest BCUT2D eigenvalue weighted by atomic mass is 35.5. The molecular weight excluding hydrogens is 412 g/mol. The zero-order valence-corrected chi connectivity index (χ0v) is 20.2. The molecule has 2 fully saturated rings. The average molecular weight is 447 g/mol. The number of piperidine rings is 1. The van der Waals surface area contributed by atoms with Crippen LogP contribution in [0.15, 0.2) is 12.1 Å². The van der Waals surface area contributed by atoms with Crippen molar-refractivity contribution in [1.82, 2.24) is 14.9 Å². The van der Waals surface area contributed by atoms with E-state index in [2.05, 4.69) is 40.7 Å². The van der Waals surface area contributed by atoms with Crippen LogP contribution in [0.3, 0.4) is 0 Å². The molecule has 170 valence electrons. The summed E-state index contributed by atoms with van der Waals surface area (Å²) in [6.07, 6.45) is 7.64. The molecule has 1 aliphatic carbocycles. The van der Waals surface area contributed by atoms with Crippen molar-refractivity contribution in [2.24, 2.45) is 5.41 Å². The summed E-state index contributed by atoms with van der Waals surface area (Å²) in [6.45, 7) is 7.13. The lowest BCUT2D eigenvalue weighted by Gasteiger charge is -2.45. The van der Waals surface area contributed by atoms with Gasteiger partial charge in [-0.25, -0.2) is 4.98 Å². The fourth-order valence-electron chi connectivity index (χ4n) is 5.46. The van der Waals surface area contributed by atoms with Gasteiger partial charge in [-0.1, -0.05) is 20.3 Å². The Balaban J connectivity index is 1.53. The Kier molecular flexibility index (Phi) is 6.50. The third-order valence-corrected chi connectivity index (χ3v) is 7.40. The van der Waals surface area contributed by atoms with Crippen molar-refractivity contribution >= 4 is 28.3 Å². The van der Waals surface area contributed by atoms with E-state index in [1.54, 1.807) is 14.2 Å². The Morgan fingerprint density at radius 3 is 2.39 bits per heavy atom. The van der Waals surface area contributed by atoms with Crippen LogP contribution in [0.25, 0.3) is 10.9 Å². The maximum Gasteiger partial charge on any atom is 0.224 e. The molecule has 0 N–H and O–H groups in total. The molecule has 1 aromatic carbocycles. The van der Waals surface area contributed by atoms with E-state index in [0.29, 0.717) is 23.0 Å². The average Bonchev–Trinajstić information content (AvgIpc) is 2.76. The van der Waals surface area contributed by atoms with Crippen molar-refractivity contribution in [3.05, 3.63) is 17.4 Å². The van der Waals surface area contributed by atoms with Crippen LogP contribution in [0.1, 0.15) is 52.4 Å². The SMILES string of the molecule is COc1cc2nc(Cl)nc(N(C)C3CCN(C4CCCC(C)(C)C4)CC3)c2cc1OC. The van der Waals surface area contributed by atoms with E-state index in [1.807, 2.05) is 12.1 Å². The van der Waals surface area contributed by atoms with Gasteiger partial charge in [-0.3, -0.25) is 0 Å². The van der Waals surface area contributed by atoms with E-state index < -0.39 is 0 Å². The van der Waals surface area contributed by atoms with E-state index in [1.165, 1.54) is 25.7 Å². The highest BCUT2D eigenvalue weighted by Gasteiger charge is 2.34. The number of halogens is 1. The van der Waals surface area contributed by atoms with E-state index in [-0.39, 0.29) is 5.28 Å². The molecule has 1 saturated carbocycles. The summed E-state index contributed by atoms with van der Waals surface area (Å²) in [6, 6.07) is 4.98. The molecule has 0 amide bonds. The minimum atomic E-state index is 0.253. The quantitative estimate of drug-likeness (QED) is 0.590. The molecule has 6 nitrogen and oxygen atoms in total. The zero-order valence-electron chi connectivity index (χ0n) is 19.4. The number of hydrogen-bond donors (Lipinski definition) is 0. The molecule has 0 spiro atoms. The number of anilines is 1. The van der Waals surface area contributed by atoms with Gasteiger partial charge >= 0.3 is 0 Å². The number of likely N-dealkylation sites (tertiary alicyclic amines) is 1. The predicted octanol–water partition coefficient (Wildman–Crippen LogP) is 5.17. The van der Waals surface area contributed by atoms with Gasteiger partial charge in [-0.2, -0.15) is 4.98 Å². The first kappa shape index (κ1) is 22.4. The standard InChI is InChI=1S/C24H35ClN4O2/c1-24(2)10-6-7-17(15-24)29-11-8-16(9-12-29)28(3)22-18-13-20(30-4)21(31-5)14-19(18)26-23(25)27-22/h13-14,16-17H,6-12,15H2,1-5H3. The van der Waals surface area contributed by atoms with Gasteiger partial charge in [0.15, 0.2) is 11.5 Å². The smallest absolute Gasteiger partial charge is 0.224 e. The van der Waals surface area contributed by atoms with Crippen LogP contribution in [0, 0.1) is 5.41 Å². The molecule has 31 heavy (non-hydrogen) atoms. The highest BCUT2D eigenvalue weighted by Crippen LogP contribution is 2.39. The molecule has 2 heterocycles. The molecule has 7 heteroatoms. The Morgan fingerprint density at radius 1 is 1.06 bits per heavy atom. The number of nitrogens with zero attached hydrogens (tertiary/aromatic N) is 4. The van der Waals surface area contributed by atoms with Crippen LogP contribution >= 0.6 is 11.6 Å². The number of benzene rings is 1. The monoisotopic (exact) mass is 446 g/mol. The van der Waals surface area contributed by atoms with Crippen molar-refractivity contribution in [2.45, 2.75) is 64.5 Å². The topological polar surface area (TPSA) is 50.7 Å². The first-order valence-corrected chi connectivity index (χ1v) is 11.8. The fourth-order valence-corrected chi connectivity index (χ4v) is 5.63. The summed E-state index contributed by atoms with van der Waals surface area (Å²) in [5.41, 5.74) is 1.24. The lowest BCUT2D eigenvalue weighted by Crippen LogP contribution is -2.49. The molecule has 0 radical (unpaired) electrons. The number of ether oxygens (including phenoxy) is 2. The molecule has 0 bridgehead atoms. The van der Waals surface area contributed by atoms with Gasteiger partial charge in [-0.05, 0) is 55.2 Å². The van der Waals surface area contributed by atoms with Crippen molar-refractivity contribution < 1.29 is 9.47 Å². The molecule has 4 rings (SSSR count). The minimum Gasteiger partial charge on any atom is -0.493 e. The largest absolute Gasteiger partial charge is 0.493 e. The lowest BCUT2D eigenvalue weighted by molar-refractivity contribution is 0.0745. The summed E-state index contributed by atoms with van der Waals surface area (Å²) in [5, 5.41) is 1.18. The fraction of sp³-hybridized carbons (Fsp3) is 0.667. The van der Waals surface area contributed by atoms with Crippen LogP contribution in [-0.4, -0.2) is 61.3 Å². The van der Waals surface area contributed by atoms with Gasteiger partial charge in [0.05, 0.1) is 19.7 Å². The Bertz CT molecular complexity index is 927. The minimum absolute atomic E-state index is 0.253. The van der Waals surface area contributed by atoms with Crippen molar-refractivity contribution in [3.8, 4) is 11.5 Å². The maximum absolute atomic E-state index is 6.30. The second-order valence-electron chi connectivity index (χ2n) is 9.83. The first-order chi connectivity index (χ1) is 14.8. The maximum atomic E-state index is 6.30. The van der Waals surface area contributed by atoms with Gasteiger partial charge in [0.25, 0.3) is 0 Å². The zero-order chi connectivity index (χ0) is 22.2. The van der Waals surface area contributed by atoms with Gasteiger partial charge in [0, 0.05) is 43.7 Å². The van der Waals surface area contributed by atoms with E-state index in [4.69, 9.17) is 21.1 Å². The number of hydrogen-bond acceptors (Lipinski definition) is 6. The summed E-state index contributed by atoms with van der Waals surface area (Å²) >= 11 is 6.30. The summed E-state index contributed by atoms with van der Waals surface area (Å²) in [7, 11) is 5.39. The van der Waals surface area contributed by atoms with Crippen LogP contribution in [0.5, 0.6) is 11.5 Å². The summed E-state index contributed by atoms with van der Waals surface area (Å²) in [4.78, 5) is 14.0. The molecule has 2 aromatic rings. The third-order valence-electron chi connectivity index (χ3n) is 7.23. The van der Waals surface area contributed by atoms with Crippen molar-refractivity contribution in [2.75, 3.05) is 39.3 Å². The summed E-state index contributed by atoms with van der Waals surface area (Å²) < 4.78 is 11.0. The van der Waals surface area contributed by atoms with Gasteiger partial charge in [0.2, 0.25) is 5.28 Å². The lowest BCUT2D eigenvalue weighted by atomic mass is 9.74. The molecule has 1 atom stereocenters. The van der Waals surface area contributed by atoms with Crippen LogP contribution in [0.2, 0.25) is 5.28 Å². The number of aromatic nitrogens is 2. The second kappa shape index (κ2) is 8.99. The van der Waals surface area contributed by atoms with Crippen molar-refractivity contribution in [3.63, 3.8) is 0 Å². The summed E-state index contributed by atoms with van der Waals surface area (Å²) in [5.74, 6) is 2.17. The van der Waals surface area contributed by atoms with Crippen LogP contribution in [-0.2, 0) is 0 Å². The number of rotatable bonds is 5. The molecule has 1 aromatic heterocycles. The van der Waals surface area contributed by atoms with Gasteiger partial charge in [0.1, 0.15) is 5.82 Å². The molecule has 1 unspecified atom stereocenters. The van der Waals surface area contributed by atoms with E-state index >= 15 is 0 Å². The number of fused-ring (bicyclic) bond motifs is 1. The Labute approximate surface area is 190 Å². The van der Waals surface area contributed by atoms with Crippen LogP contribution in [0.4, 0.5) is 5.82 Å². The predicted molar refractivity (Wildman–Crippen MR) is 127 cm³/mol. The van der Waals surface area contributed by atoms with Crippen molar-refractivity contribution in [1.29, 1.82) is 0 Å². The van der Waals surface area contributed by atoms with E-state index in [9.17, 15) is 0 Å². The Hall–Kier alpha value is -1.79. The third kappa shape index (κ3) is 4.70. The van der Waals surface area contributed by atoms with E-state index in [0.717, 1.165) is 48.7 Å². The second-order valence-corrected chi connectivity index (χ2v) is 10.2. The molecule has 2 aliphatic rings. The molecule has 1 aliphatic heterocycles. The van der Waals surface area contributed by atoms with Gasteiger partial charge < -0.3 is 19.3 Å². The van der Waals surface area contributed by atoms with Gasteiger partial charge in [-0.15, -0.1) is 0 Å². The first-order valence-electron chi connectivity index (χ1n) is 11.4. The number of methoxy groups -OCH3 is 2. The highest BCUT2D eigenvalue weighted by molar-refractivity contribution is 6.28. The van der Waals surface area contributed by atoms with Crippen LogP contribution < -0.4 is 14.4 Å². The molecule has 1 saturated heterocycles.